The van der Waals surface area contributed by atoms with Gasteiger partial charge in [-0.3, -0.25) is 9.59 Å². The third-order valence-electron chi connectivity index (χ3n) is 7.30. The van der Waals surface area contributed by atoms with Crippen LogP contribution in [0, 0.1) is 5.92 Å². The number of benzene rings is 2. The molecule has 0 bridgehead atoms. The first-order valence-corrected chi connectivity index (χ1v) is 12.3. The Morgan fingerprint density at radius 3 is 2.59 bits per heavy atom. The van der Waals surface area contributed by atoms with Gasteiger partial charge in [0.15, 0.2) is 5.82 Å². The number of rotatable bonds is 4. The molecule has 1 aliphatic heterocycles. The number of nitrogens with one attached hydrogen (secondary N) is 1. The summed E-state index contributed by atoms with van der Waals surface area (Å²) in [5.41, 5.74) is 4.02. The molecule has 194 valence electrons. The van der Waals surface area contributed by atoms with Crippen molar-refractivity contribution in [3.63, 3.8) is 0 Å². The van der Waals surface area contributed by atoms with Gasteiger partial charge in [-0.1, -0.05) is 25.1 Å². The van der Waals surface area contributed by atoms with E-state index in [1.54, 1.807) is 19.1 Å². The second-order valence-corrected chi connectivity index (χ2v) is 9.63. The fourth-order valence-corrected chi connectivity index (χ4v) is 5.17. The number of alkyl halides is 3. The number of carbonyl (C=O) groups excluding carboxylic acids is 2. The van der Waals surface area contributed by atoms with Crippen molar-refractivity contribution in [3.05, 3.63) is 54.1 Å². The van der Waals surface area contributed by atoms with Crippen LogP contribution in [0.2, 0.25) is 0 Å². The molecule has 2 unspecified atom stereocenters. The highest BCUT2D eigenvalue weighted by Crippen LogP contribution is 2.30. The quantitative estimate of drug-likeness (QED) is 0.430. The van der Waals surface area contributed by atoms with E-state index in [-0.39, 0.29) is 18.4 Å². The molecule has 2 amide bonds. The van der Waals surface area contributed by atoms with Crippen LogP contribution in [0.5, 0.6) is 0 Å². The van der Waals surface area contributed by atoms with Crippen LogP contribution >= 0.6 is 0 Å². The zero-order chi connectivity index (χ0) is 26.5. The van der Waals surface area contributed by atoms with Crippen LogP contribution < -0.4 is 5.32 Å². The van der Waals surface area contributed by atoms with Gasteiger partial charge in [-0.05, 0) is 49.6 Å². The van der Waals surface area contributed by atoms with Gasteiger partial charge in [0.05, 0.1) is 16.7 Å². The number of imidazole rings is 1. The Labute approximate surface area is 211 Å². The van der Waals surface area contributed by atoms with E-state index >= 15 is 0 Å². The van der Waals surface area contributed by atoms with Crippen molar-refractivity contribution >= 4 is 33.8 Å². The van der Waals surface area contributed by atoms with Crippen LogP contribution in [-0.4, -0.2) is 56.1 Å². The summed E-state index contributed by atoms with van der Waals surface area (Å²) >= 11 is 0. The Bertz CT molecular complexity index is 1500. The molecule has 4 aromatic rings. The lowest BCUT2D eigenvalue weighted by Crippen LogP contribution is -2.55. The van der Waals surface area contributed by atoms with Crippen LogP contribution in [0.25, 0.3) is 33.5 Å². The van der Waals surface area contributed by atoms with E-state index in [9.17, 15) is 22.8 Å². The number of piperidine rings is 1. The molecule has 0 aliphatic carbocycles. The fraction of sp³-hybridized carbons (Fsp3) is 0.370. The predicted molar refractivity (Wildman–Crippen MR) is 135 cm³/mol. The number of aromatic nitrogens is 3. The topological polar surface area (TPSA) is 72.2 Å². The van der Waals surface area contributed by atoms with E-state index in [1.807, 2.05) is 35.1 Å². The fourth-order valence-electron chi connectivity index (χ4n) is 5.17. The molecule has 2 aromatic heterocycles. The van der Waals surface area contributed by atoms with Crippen LogP contribution in [0.4, 0.5) is 13.2 Å². The molecule has 7 nitrogen and oxygen atoms in total. The number of nitrogens with zero attached hydrogens (tertiary/aromatic N) is 4. The molecule has 2 aromatic carbocycles. The van der Waals surface area contributed by atoms with Crippen molar-refractivity contribution in [2.75, 3.05) is 13.1 Å². The van der Waals surface area contributed by atoms with E-state index in [2.05, 4.69) is 29.7 Å². The highest BCUT2D eigenvalue weighted by Gasteiger charge is 2.41. The summed E-state index contributed by atoms with van der Waals surface area (Å²) in [5, 5.41) is 3.17. The van der Waals surface area contributed by atoms with Gasteiger partial charge in [0.2, 0.25) is 0 Å². The van der Waals surface area contributed by atoms with E-state index in [1.165, 1.54) is 4.90 Å². The van der Waals surface area contributed by atoms with Crippen molar-refractivity contribution in [1.82, 2.24) is 24.3 Å². The number of aryl methyl sites for hydroxylation is 2. The highest BCUT2D eigenvalue weighted by molar-refractivity contribution is 5.98. The van der Waals surface area contributed by atoms with Crippen LogP contribution in [0.3, 0.4) is 0 Å². The molecule has 0 saturated carbocycles. The minimum absolute atomic E-state index is 0.0178. The van der Waals surface area contributed by atoms with Gasteiger partial charge in [0.1, 0.15) is 0 Å². The average molecular weight is 512 g/mol. The van der Waals surface area contributed by atoms with Crippen LogP contribution in [0.1, 0.15) is 30.6 Å². The summed E-state index contributed by atoms with van der Waals surface area (Å²) in [4.78, 5) is 31.1. The molecular weight excluding hydrogens is 483 g/mol. The summed E-state index contributed by atoms with van der Waals surface area (Å²) in [7, 11) is 1.93. The molecular formula is C27H28F3N5O2. The monoisotopic (exact) mass is 511 g/mol. The second-order valence-electron chi connectivity index (χ2n) is 9.63. The van der Waals surface area contributed by atoms with Gasteiger partial charge in [-0.2, -0.15) is 13.2 Å². The van der Waals surface area contributed by atoms with Crippen molar-refractivity contribution in [2.24, 2.45) is 13.0 Å². The van der Waals surface area contributed by atoms with Crippen LogP contribution in [0.15, 0.2) is 48.5 Å². The van der Waals surface area contributed by atoms with Crippen molar-refractivity contribution in [3.8, 4) is 11.5 Å². The normalized spacial score (nSPS) is 18.5. The Morgan fingerprint density at radius 2 is 1.86 bits per heavy atom. The highest BCUT2D eigenvalue weighted by atomic mass is 19.4. The molecule has 0 radical (unpaired) electrons. The van der Waals surface area contributed by atoms with E-state index in [0.717, 1.165) is 34.5 Å². The van der Waals surface area contributed by atoms with Gasteiger partial charge in [-0.15, -0.1) is 0 Å². The lowest BCUT2D eigenvalue weighted by molar-refractivity contribution is -0.175. The van der Waals surface area contributed by atoms with Gasteiger partial charge < -0.3 is 19.4 Å². The minimum Gasteiger partial charge on any atom is -0.343 e. The van der Waals surface area contributed by atoms with Crippen molar-refractivity contribution in [1.29, 1.82) is 0 Å². The maximum atomic E-state index is 13.3. The van der Waals surface area contributed by atoms with E-state index in [0.29, 0.717) is 24.0 Å². The van der Waals surface area contributed by atoms with Crippen LogP contribution in [-0.2, 0) is 18.4 Å². The van der Waals surface area contributed by atoms with Crippen molar-refractivity contribution < 1.29 is 22.8 Å². The van der Waals surface area contributed by atoms with Gasteiger partial charge in [0.25, 0.3) is 5.91 Å². The van der Waals surface area contributed by atoms with Crippen molar-refractivity contribution in [2.45, 2.75) is 39.0 Å². The third kappa shape index (κ3) is 4.45. The molecule has 2 atom stereocenters. The molecule has 10 heteroatoms. The number of amides is 2. The number of halogens is 3. The summed E-state index contributed by atoms with van der Waals surface area (Å²) in [6.07, 6.45) is -4.47. The largest absolute Gasteiger partial charge is 0.471 e. The Morgan fingerprint density at radius 1 is 1.11 bits per heavy atom. The molecule has 1 aliphatic rings. The zero-order valence-corrected chi connectivity index (χ0v) is 20.8. The smallest absolute Gasteiger partial charge is 0.343 e. The number of carbonyl (C=O) groups is 2. The number of para-hydroxylation sites is 1. The van der Waals surface area contributed by atoms with Gasteiger partial charge in [-0.25, -0.2) is 4.98 Å². The Hall–Kier alpha value is -3.82. The molecule has 1 N–H and O–H groups in total. The number of likely N-dealkylation sites (tertiary alicyclic amines) is 1. The number of hydrogen-bond acceptors (Lipinski definition) is 3. The first kappa shape index (κ1) is 24.9. The number of hydrogen-bond donors (Lipinski definition) is 1. The summed E-state index contributed by atoms with van der Waals surface area (Å²) in [6.45, 7) is 5.05. The Balaban J connectivity index is 1.43. The van der Waals surface area contributed by atoms with Gasteiger partial charge in [0, 0.05) is 49.2 Å². The molecule has 3 heterocycles. The third-order valence-corrected chi connectivity index (χ3v) is 7.30. The minimum atomic E-state index is -4.96. The summed E-state index contributed by atoms with van der Waals surface area (Å²) < 4.78 is 42.5. The maximum absolute atomic E-state index is 13.3. The lowest BCUT2D eigenvalue weighted by atomic mass is 9.93. The lowest BCUT2D eigenvalue weighted by Gasteiger charge is -2.37. The maximum Gasteiger partial charge on any atom is 0.471 e. The second kappa shape index (κ2) is 9.24. The molecule has 37 heavy (non-hydrogen) atoms. The summed E-state index contributed by atoms with van der Waals surface area (Å²) in [5.74, 6) is -1.68. The molecule has 1 saturated heterocycles. The van der Waals surface area contributed by atoms with E-state index in [4.69, 9.17) is 4.98 Å². The average Bonchev–Trinajstić information content (AvgIpc) is 3.41. The summed E-state index contributed by atoms with van der Waals surface area (Å²) in [6, 6.07) is 14.8. The molecule has 1 fully saturated rings. The molecule has 5 rings (SSSR count). The van der Waals surface area contributed by atoms with Gasteiger partial charge >= 0.3 is 12.1 Å². The SMILES string of the molecule is CCn1c(-c2nc3cc(C(=O)N4CCC(C)C(NC(=O)C(F)(F)F)C4)ccc3n2C)cc2ccccc21. The Kier molecular flexibility index (Phi) is 6.21. The first-order chi connectivity index (χ1) is 17.6. The molecule has 0 spiro atoms. The standard InChI is InChI=1S/C27H28F3N5O2/c1-4-35-21-8-6-5-7-17(21)14-23(35)24-31-19-13-18(9-10-22(19)33(24)3)25(36)34-12-11-16(2)20(15-34)32-26(37)27(28,29)30/h5-10,13-14,16,20H,4,11-12,15H2,1-3H3,(H,32,37). The van der Waals surface area contributed by atoms with E-state index < -0.39 is 18.1 Å². The zero-order valence-electron chi connectivity index (χ0n) is 20.8. The number of fused-ring (bicyclic) bond motifs is 2. The predicted octanol–water partition coefficient (Wildman–Crippen LogP) is 4.74. The first-order valence-electron chi connectivity index (χ1n) is 12.3.